The molecule has 0 unspecified atom stereocenters. The quantitative estimate of drug-likeness (QED) is 0.799. The molecule has 0 saturated carbocycles. The van der Waals surface area contributed by atoms with Crippen molar-refractivity contribution < 1.29 is 13.6 Å². The summed E-state index contributed by atoms with van der Waals surface area (Å²) in [4.78, 5) is 17.9. The topological polar surface area (TPSA) is 33.2 Å². The van der Waals surface area contributed by atoms with Crippen molar-refractivity contribution in [1.82, 2.24) is 4.98 Å². The van der Waals surface area contributed by atoms with Crippen LogP contribution in [0.25, 0.3) is 0 Å². The lowest BCUT2D eigenvalue weighted by molar-refractivity contribution is -0.116. The highest BCUT2D eigenvalue weighted by Gasteiger charge is 2.22. The van der Waals surface area contributed by atoms with Crippen LogP contribution in [0.5, 0.6) is 0 Å². The molecule has 1 amide bonds. The Labute approximate surface area is 137 Å². The van der Waals surface area contributed by atoms with Crippen LogP contribution < -0.4 is 4.90 Å². The number of rotatable bonds is 4. The minimum Gasteiger partial charge on any atom is -0.291 e. The lowest BCUT2D eigenvalue weighted by atomic mass is 10.1. The molecular weight excluding hydrogens is 322 g/mol. The molecule has 0 aliphatic heterocycles. The van der Waals surface area contributed by atoms with Gasteiger partial charge in [0.2, 0.25) is 5.91 Å². The number of benzene rings is 1. The average molecular weight is 337 g/mol. The Bertz CT molecular complexity index is 731. The van der Waals surface area contributed by atoms with E-state index in [0.717, 1.165) is 42.7 Å². The molecule has 0 radical (unpaired) electrons. The lowest BCUT2D eigenvalue weighted by Crippen LogP contribution is -2.33. The number of aromatic nitrogens is 1. The molecule has 0 N–H and O–H groups in total. The van der Waals surface area contributed by atoms with Gasteiger partial charge in [0.15, 0.2) is 0 Å². The zero-order chi connectivity index (χ0) is 16.4. The molecule has 1 aliphatic rings. The summed E-state index contributed by atoms with van der Waals surface area (Å²) in [6, 6.07) is 7.23. The number of carbonyl (C=O) groups is 1. The highest BCUT2D eigenvalue weighted by Crippen LogP contribution is 2.25. The summed E-state index contributed by atoms with van der Waals surface area (Å²) in [5.74, 6) is -1.75. The molecule has 3 rings (SSSR count). The van der Waals surface area contributed by atoms with Crippen LogP contribution >= 0.6 is 11.6 Å². The summed E-state index contributed by atoms with van der Waals surface area (Å²) in [7, 11) is 0. The first-order valence-corrected chi connectivity index (χ1v) is 7.91. The predicted octanol–water partition coefficient (Wildman–Crippen LogP) is 3.62. The molecular formula is C17H15ClF2N2O. The predicted molar refractivity (Wildman–Crippen MR) is 84.5 cm³/mol. The van der Waals surface area contributed by atoms with Crippen molar-refractivity contribution in [3.05, 3.63) is 58.8 Å². The molecule has 2 aromatic rings. The largest absolute Gasteiger partial charge is 0.291 e. The summed E-state index contributed by atoms with van der Waals surface area (Å²) in [5.41, 5.74) is 1.92. The first kappa shape index (κ1) is 15.9. The van der Waals surface area contributed by atoms with Gasteiger partial charge in [-0.1, -0.05) is 12.1 Å². The fourth-order valence-corrected chi connectivity index (χ4v) is 2.91. The van der Waals surface area contributed by atoms with Crippen LogP contribution in [-0.2, 0) is 24.2 Å². The third-order valence-corrected chi connectivity index (χ3v) is 4.21. The fraction of sp³-hybridized carbons (Fsp3) is 0.294. The van der Waals surface area contributed by atoms with Crippen LogP contribution in [0.15, 0.2) is 30.3 Å². The summed E-state index contributed by atoms with van der Waals surface area (Å²) < 4.78 is 27.8. The Morgan fingerprint density at radius 3 is 2.61 bits per heavy atom. The number of aryl methyl sites for hydroxylation is 2. The van der Waals surface area contributed by atoms with Crippen LogP contribution in [0.1, 0.15) is 23.2 Å². The summed E-state index contributed by atoms with van der Waals surface area (Å²) in [6.45, 7) is -0.240. The van der Waals surface area contributed by atoms with Gasteiger partial charge < -0.3 is 0 Å². The Hall–Kier alpha value is -2.01. The molecule has 1 aliphatic carbocycles. The number of anilines is 1. The molecule has 0 fully saturated rings. The number of carbonyl (C=O) groups excluding carboxylic acids is 1. The zero-order valence-electron chi connectivity index (χ0n) is 12.4. The molecule has 0 spiro atoms. The normalized spacial score (nSPS) is 13.0. The molecule has 6 heteroatoms. The third kappa shape index (κ3) is 3.20. The highest BCUT2D eigenvalue weighted by atomic mass is 35.5. The van der Waals surface area contributed by atoms with Gasteiger partial charge in [-0.2, -0.15) is 0 Å². The van der Waals surface area contributed by atoms with Gasteiger partial charge in [-0.15, -0.1) is 11.6 Å². The van der Waals surface area contributed by atoms with E-state index in [4.69, 9.17) is 11.6 Å². The second-order valence-corrected chi connectivity index (χ2v) is 5.71. The monoisotopic (exact) mass is 336 g/mol. The van der Waals surface area contributed by atoms with Crippen molar-refractivity contribution in [2.24, 2.45) is 0 Å². The van der Waals surface area contributed by atoms with Gasteiger partial charge >= 0.3 is 0 Å². The van der Waals surface area contributed by atoms with Crippen LogP contribution in [0, 0.1) is 11.6 Å². The number of hydrogen-bond acceptors (Lipinski definition) is 2. The van der Waals surface area contributed by atoms with Crippen molar-refractivity contribution >= 4 is 23.3 Å². The van der Waals surface area contributed by atoms with Crippen molar-refractivity contribution in [3.63, 3.8) is 0 Å². The van der Waals surface area contributed by atoms with Gasteiger partial charge in [-0.25, -0.2) is 13.8 Å². The molecule has 3 nitrogen and oxygen atoms in total. The van der Waals surface area contributed by atoms with Crippen LogP contribution in [0.4, 0.5) is 14.6 Å². The SMILES string of the molecule is O=C(CCl)N(Cc1c(F)cccc1F)c1ccc2c(n1)CCC2. The number of pyridine rings is 1. The number of hydrogen-bond donors (Lipinski definition) is 0. The summed E-state index contributed by atoms with van der Waals surface area (Å²) >= 11 is 5.65. The maximum Gasteiger partial charge on any atom is 0.243 e. The first-order valence-electron chi connectivity index (χ1n) is 7.38. The third-order valence-electron chi connectivity index (χ3n) is 3.98. The van der Waals surface area contributed by atoms with E-state index in [9.17, 15) is 13.6 Å². The summed E-state index contributed by atoms with van der Waals surface area (Å²) in [6.07, 6.45) is 2.84. The Morgan fingerprint density at radius 2 is 1.91 bits per heavy atom. The van der Waals surface area contributed by atoms with Gasteiger partial charge in [0.1, 0.15) is 23.3 Å². The maximum absolute atomic E-state index is 13.9. The minimum atomic E-state index is -0.696. The van der Waals surface area contributed by atoms with Gasteiger partial charge in [0.05, 0.1) is 6.54 Å². The van der Waals surface area contributed by atoms with Crippen molar-refractivity contribution in [2.45, 2.75) is 25.8 Å². The van der Waals surface area contributed by atoms with Gasteiger partial charge in [-0.05, 0) is 43.0 Å². The Kier molecular flexibility index (Phi) is 4.57. The van der Waals surface area contributed by atoms with E-state index >= 15 is 0 Å². The van der Waals surface area contributed by atoms with E-state index in [-0.39, 0.29) is 18.0 Å². The van der Waals surface area contributed by atoms with Gasteiger partial charge in [0.25, 0.3) is 0 Å². The average Bonchev–Trinajstić information content (AvgIpc) is 3.01. The molecule has 23 heavy (non-hydrogen) atoms. The van der Waals surface area contributed by atoms with E-state index in [1.165, 1.54) is 11.0 Å². The highest BCUT2D eigenvalue weighted by molar-refractivity contribution is 6.29. The molecule has 0 bridgehead atoms. The van der Waals surface area contributed by atoms with Crippen molar-refractivity contribution in [3.8, 4) is 0 Å². The molecule has 1 aromatic carbocycles. The van der Waals surface area contributed by atoms with E-state index < -0.39 is 17.5 Å². The summed E-state index contributed by atoms with van der Waals surface area (Å²) in [5, 5.41) is 0. The maximum atomic E-state index is 13.9. The molecule has 0 atom stereocenters. The second kappa shape index (κ2) is 6.62. The zero-order valence-corrected chi connectivity index (χ0v) is 13.1. The van der Waals surface area contributed by atoms with Crippen LogP contribution in [0.2, 0.25) is 0 Å². The Balaban J connectivity index is 1.97. The minimum absolute atomic E-state index is 0.173. The lowest BCUT2D eigenvalue weighted by Gasteiger charge is -2.22. The molecule has 120 valence electrons. The van der Waals surface area contributed by atoms with Crippen molar-refractivity contribution in [1.29, 1.82) is 0 Å². The Morgan fingerprint density at radius 1 is 1.17 bits per heavy atom. The van der Waals surface area contributed by atoms with E-state index in [1.807, 2.05) is 6.07 Å². The second-order valence-electron chi connectivity index (χ2n) is 5.44. The van der Waals surface area contributed by atoms with Gasteiger partial charge in [-0.3, -0.25) is 9.69 Å². The van der Waals surface area contributed by atoms with Gasteiger partial charge in [0, 0.05) is 11.3 Å². The number of halogens is 3. The van der Waals surface area contributed by atoms with Crippen molar-refractivity contribution in [2.75, 3.05) is 10.8 Å². The smallest absolute Gasteiger partial charge is 0.243 e. The van der Waals surface area contributed by atoms with E-state index in [0.29, 0.717) is 5.82 Å². The number of nitrogens with zero attached hydrogens (tertiary/aromatic N) is 2. The molecule has 0 saturated heterocycles. The fourth-order valence-electron chi connectivity index (χ4n) is 2.77. The van der Waals surface area contributed by atoms with E-state index in [1.54, 1.807) is 6.07 Å². The number of fused-ring (bicyclic) bond motifs is 1. The standard InChI is InChI=1S/C17H15ClF2N2O/c18-9-17(23)22(10-12-13(19)4-2-5-14(12)20)16-8-7-11-3-1-6-15(11)21-16/h2,4-5,7-8H,1,3,6,9-10H2. The molecule has 1 aromatic heterocycles. The first-order chi connectivity index (χ1) is 11.1. The van der Waals surface area contributed by atoms with Crippen LogP contribution in [-0.4, -0.2) is 16.8 Å². The number of amides is 1. The van der Waals surface area contributed by atoms with E-state index in [2.05, 4.69) is 4.98 Å². The van der Waals surface area contributed by atoms with Crippen LogP contribution in [0.3, 0.4) is 0 Å². The molecule has 1 heterocycles. The number of alkyl halides is 1.